The SMILES string of the molecule is NC1(C2(O)CC3CCC2C3)CNC1. The normalized spacial score (nSPS) is 52.2. The average Bonchev–Trinajstić information content (AvgIpc) is 2.59. The lowest BCUT2D eigenvalue weighted by molar-refractivity contribution is -0.0972. The maximum absolute atomic E-state index is 10.6. The van der Waals surface area contributed by atoms with Crippen molar-refractivity contribution in [3.63, 3.8) is 0 Å². The van der Waals surface area contributed by atoms with Crippen LogP contribution in [0.5, 0.6) is 0 Å². The third kappa shape index (κ3) is 0.853. The number of nitrogens with two attached hydrogens (primary N) is 1. The van der Waals surface area contributed by atoms with Crippen molar-refractivity contribution in [2.24, 2.45) is 17.6 Å². The molecule has 3 aliphatic rings. The molecule has 3 fully saturated rings. The molecule has 0 amide bonds. The molecule has 2 saturated carbocycles. The Hall–Kier alpha value is -0.120. The fraction of sp³-hybridized carbons (Fsp3) is 1.00. The summed E-state index contributed by atoms with van der Waals surface area (Å²) in [5.74, 6) is 1.25. The number of hydrogen-bond donors (Lipinski definition) is 3. The minimum atomic E-state index is -0.541. The van der Waals surface area contributed by atoms with Crippen LogP contribution < -0.4 is 11.1 Å². The van der Waals surface area contributed by atoms with E-state index in [1.807, 2.05) is 0 Å². The second-order valence-electron chi connectivity index (χ2n) is 5.26. The van der Waals surface area contributed by atoms with Gasteiger partial charge in [-0.3, -0.25) is 0 Å². The van der Waals surface area contributed by atoms with E-state index < -0.39 is 5.60 Å². The molecule has 3 rings (SSSR count). The van der Waals surface area contributed by atoms with Crippen LogP contribution in [0.2, 0.25) is 0 Å². The van der Waals surface area contributed by atoms with Gasteiger partial charge in [0.05, 0.1) is 11.1 Å². The van der Waals surface area contributed by atoms with Crippen molar-refractivity contribution in [3.05, 3.63) is 0 Å². The number of nitrogens with one attached hydrogen (secondary N) is 1. The first-order valence-corrected chi connectivity index (χ1v) is 5.36. The highest BCUT2D eigenvalue weighted by atomic mass is 16.3. The Kier molecular flexibility index (Phi) is 1.43. The molecule has 1 aliphatic heterocycles. The van der Waals surface area contributed by atoms with E-state index in [4.69, 9.17) is 5.73 Å². The van der Waals surface area contributed by atoms with Crippen molar-refractivity contribution in [1.82, 2.24) is 5.32 Å². The van der Waals surface area contributed by atoms with Gasteiger partial charge in [0.2, 0.25) is 0 Å². The van der Waals surface area contributed by atoms with E-state index in [-0.39, 0.29) is 5.54 Å². The van der Waals surface area contributed by atoms with E-state index in [1.54, 1.807) is 0 Å². The third-order valence-corrected chi connectivity index (χ3v) is 4.56. The lowest BCUT2D eigenvalue weighted by atomic mass is 9.67. The third-order valence-electron chi connectivity index (χ3n) is 4.56. The minimum absolute atomic E-state index is 0.313. The zero-order chi connectivity index (χ0) is 9.10. The van der Waals surface area contributed by atoms with Crippen LogP contribution in [-0.4, -0.2) is 29.3 Å². The van der Waals surface area contributed by atoms with Crippen LogP contribution >= 0.6 is 0 Å². The van der Waals surface area contributed by atoms with E-state index in [9.17, 15) is 5.11 Å². The first kappa shape index (κ1) is 8.21. The molecule has 4 N–H and O–H groups in total. The number of rotatable bonds is 1. The number of aliphatic hydroxyl groups is 1. The summed E-state index contributed by atoms with van der Waals surface area (Å²) in [5, 5.41) is 13.8. The van der Waals surface area contributed by atoms with Crippen LogP contribution in [0.15, 0.2) is 0 Å². The largest absolute Gasteiger partial charge is 0.388 e. The Morgan fingerprint density at radius 1 is 1.31 bits per heavy atom. The van der Waals surface area contributed by atoms with E-state index in [1.165, 1.54) is 19.3 Å². The highest BCUT2D eigenvalue weighted by molar-refractivity contribution is 5.19. The summed E-state index contributed by atoms with van der Waals surface area (Å²) in [6, 6.07) is 0. The summed E-state index contributed by atoms with van der Waals surface area (Å²) in [7, 11) is 0. The zero-order valence-electron chi connectivity index (χ0n) is 7.92. The summed E-state index contributed by atoms with van der Waals surface area (Å²) in [5.41, 5.74) is 5.36. The van der Waals surface area contributed by atoms with Crippen molar-refractivity contribution in [2.45, 2.75) is 36.8 Å². The first-order valence-electron chi connectivity index (χ1n) is 5.36. The Bertz CT molecular complexity index is 239. The van der Waals surface area contributed by atoms with Gasteiger partial charge in [0.1, 0.15) is 0 Å². The Morgan fingerprint density at radius 3 is 2.46 bits per heavy atom. The smallest absolute Gasteiger partial charge is 0.0881 e. The van der Waals surface area contributed by atoms with E-state index in [2.05, 4.69) is 5.32 Å². The molecular weight excluding hydrogens is 164 g/mol. The Balaban J connectivity index is 1.89. The van der Waals surface area contributed by atoms with E-state index in [0.29, 0.717) is 5.92 Å². The van der Waals surface area contributed by atoms with Gasteiger partial charge in [-0.25, -0.2) is 0 Å². The van der Waals surface area contributed by atoms with Crippen molar-refractivity contribution >= 4 is 0 Å². The minimum Gasteiger partial charge on any atom is -0.388 e. The predicted octanol–water partition coefficient (Wildman–Crippen LogP) is -0.162. The molecule has 3 heteroatoms. The standard InChI is InChI=1S/C10H18N2O/c11-9(5-12-6-9)10(13)4-7-1-2-8(10)3-7/h7-8,12-13H,1-6,11H2. The molecule has 0 spiro atoms. The number of fused-ring (bicyclic) bond motifs is 2. The predicted molar refractivity (Wildman–Crippen MR) is 50.2 cm³/mol. The summed E-state index contributed by atoms with van der Waals surface area (Å²) < 4.78 is 0. The summed E-state index contributed by atoms with van der Waals surface area (Å²) >= 11 is 0. The Labute approximate surface area is 78.7 Å². The summed E-state index contributed by atoms with van der Waals surface area (Å²) in [6.45, 7) is 1.60. The van der Waals surface area contributed by atoms with Gasteiger partial charge in [-0.2, -0.15) is 0 Å². The highest BCUT2D eigenvalue weighted by Gasteiger charge is 2.61. The Morgan fingerprint density at radius 2 is 2.08 bits per heavy atom. The summed E-state index contributed by atoms with van der Waals surface area (Å²) in [6.07, 6.45) is 4.68. The van der Waals surface area contributed by atoms with Gasteiger partial charge in [0, 0.05) is 13.1 Å². The summed E-state index contributed by atoms with van der Waals surface area (Å²) in [4.78, 5) is 0. The van der Waals surface area contributed by atoms with Gasteiger partial charge >= 0.3 is 0 Å². The van der Waals surface area contributed by atoms with Crippen LogP contribution in [0.1, 0.15) is 25.7 Å². The van der Waals surface area contributed by atoms with Gasteiger partial charge < -0.3 is 16.2 Å². The van der Waals surface area contributed by atoms with Crippen LogP contribution in [-0.2, 0) is 0 Å². The molecule has 3 atom stereocenters. The fourth-order valence-corrected chi connectivity index (χ4v) is 3.61. The van der Waals surface area contributed by atoms with Crippen LogP contribution in [0, 0.1) is 11.8 Å². The maximum atomic E-state index is 10.6. The molecule has 2 bridgehead atoms. The van der Waals surface area contributed by atoms with Crippen LogP contribution in [0.3, 0.4) is 0 Å². The topological polar surface area (TPSA) is 58.3 Å². The van der Waals surface area contributed by atoms with Gasteiger partial charge in [0.15, 0.2) is 0 Å². The first-order chi connectivity index (χ1) is 6.14. The molecule has 0 aromatic heterocycles. The molecule has 2 aliphatic carbocycles. The van der Waals surface area contributed by atoms with Gasteiger partial charge in [-0.15, -0.1) is 0 Å². The second kappa shape index (κ2) is 2.27. The maximum Gasteiger partial charge on any atom is 0.0881 e. The van der Waals surface area contributed by atoms with Gasteiger partial charge in [0.25, 0.3) is 0 Å². The molecule has 0 aromatic rings. The van der Waals surface area contributed by atoms with Crippen molar-refractivity contribution < 1.29 is 5.11 Å². The molecule has 1 heterocycles. The molecule has 74 valence electrons. The lowest BCUT2D eigenvalue weighted by Crippen LogP contribution is -2.78. The van der Waals surface area contributed by atoms with E-state index in [0.717, 1.165) is 25.4 Å². The van der Waals surface area contributed by atoms with Crippen LogP contribution in [0.4, 0.5) is 0 Å². The van der Waals surface area contributed by atoms with Gasteiger partial charge in [-0.05, 0) is 37.5 Å². The highest BCUT2D eigenvalue weighted by Crippen LogP contribution is 2.54. The molecule has 1 saturated heterocycles. The van der Waals surface area contributed by atoms with Crippen LogP contribution in [0.25, 0.3) is 0 Å². The molecule has 13 heavy (non-hydrogen) atoms. The van der Waals surface area contributed by atoms with Crippen molar-refractivity contribution in [1.29, 1.82) is 0 Å². The van der Waals surface area contributed by atoms with E-state index >= 15 is 0 Å². The molecule has 3 nitrogen and oxygen atoms in total. The number of hydrogen-bond acceptors (Lipinski definition) is 3. The lowest BCUT2D eigenvalue weighted by Gasteiger charge is -2.53. The van der Waals surface area contributed by atoms with Crippen molar-refractivity contribution in [2.75, 3.05) is 13.1 Å². The second-order valence-corrected chi connectivity index (χ2v) is 5.26. The molecule has 0 radical (unpaired) electrons. The molecular formula is C10H18N2O. The van der Waals surface area contributed by atoms with Gasteiger partial charge in [-0.1, -0.05) is 0 Å². The quantitative estimate of drug-likeness (QED) is 0.528. The monoisotopic (exact) mass is 182 g/mol. The molecule has 0 aromatic carbocycles. The van der Waals surface area contributed by atoms with Crippen molar-refractivity contribution in [3.8, 4) is 0 Å². The average molecular weight is 182 g/mol. The zero-order valence-corrected chi connectivity index (χ0v) is 7.92. The molecule has 3 unspecified atom stereocenters. The fourth-order valence-electron chi connectivity index (χ4n) is 3.61.